The van der Waals surface area contributed by atoms with Crippen molar-refractivity contribution in [1.29, 1.82) is 0 Å². The third-order valence-electron chi connectivity index (χ3n) is 3.29. The number of likely N-dealkylation sites (N-methyl/N-ethyl adjacent to an activating group) is 2. The van der Waals surface area contributed by atoms with Gasteiger partial charge in [0.1, 0.15) is 0 Å². The lowest BCUT2D eigenvalue weighted by atomic mass is 10.1. The molecule has 1 unspecified atom stereocenters. The molecule has 94 valence electrons. The van der Waals surface area contributed by atoms with Gasteiger partial charge in [-0.15, -0.1) is 0 Å². The van der Waals surface area contributed by atoms with Gasteiger partial charge in [0.2, 0.25) is 5.91 Å². The molecule has 0 aromatic carbocycles. The highest BCUT2D eigenvalue weighted by Crippen LogP contribution is 2.18. The monoisotopic (exact) mass is 227 g/mol. The average molecular weight is 227 g/mol. The van der Waals surface area contributed by atoms with Crippen LogP contribution >= 0.6 is 0 Å². The minimum Gasteiger partial charge on any atom is -0.343 e. The van der Waals surface area contributed by atoms with Gasteiger partial charge in [-0.3, -0.25) is 9.69 Å². The number of rotatable bonds is 4. The quantitative estimate of drug-likeness (QED) is 0.768. The summed E-state index contributed by atoms with van der Waals surface area (Å²) in [5.41, 5.74) is 5.06. The van der Waals surface area contributed by atoms with Crippen LogP contribution in [0.15, 0.2) is 0 Å². The van der Waals surface area contributed by atoms with Gasteiger partial charge < -0.3 is 10.6 Å². The number of carbonyl (C=O) groups is 1. The number of likely N-dealkylation sites (tertiary alicyclic amines) is 1. The molecule has 16 heavy (non-hydrogen) atoms. The van der Waals surface area contributed by atoms with Crippen molar-refractivity contribution in [3.8, 4) is 0 Å². The molecular formula is C12H25N3O. The second kappa shape index (κ2) is 5.15. The Labute approximate surface area is 98.8 Å². The Balaban J connectivity index is 2.51. The summed E-state index contributed by atoms with van der Waals surface area (Å²) in [5.74, 6) is 0.0236. The van der Waals surface area contributed by atoms with Crippen LogP contribution in [-0.4, -0.2) is 54.0 Å². The first kappa shape index (κ1) is 13.5. The lowest BCUT2D eigenvalue weighted by Crippen LogP contribution is -2.52. The maximum atomic E-state index is 11.9. The molecule has 0 bridgehead atoms. The summed E-state index contributed by atoms with van der Waals surface area (Å²) in [6, 6.07) is 0.515. The summed E-state index contributed by atoms with van der Waals surface area (Å²) in [4.78, 5) is 16.1. The summed E-state index contributed by atoms with van der Waals surface area (Å²) >= 11 is 0. The third kappa shape index (κ3) is 3.19. The fraction of sp³-hybridized carbons (Fsp3) is 0.917. The average Bonchev–Trinajstić information content (AvgIpc) is 2.62. The van der Waals surface area contributed by atoms with E-state index in [1.807, 2.05) is 7.05 Å². The van der Waals surface area contributed by atoms with Crippen LogP contribution in [0.1, 0.15) is 33.6 Å². The highest BCUT2D eigenvalue weighted by Gasteiger charge is 2.30. The van der Waals surface area contributed by atoms with E-state index in [9.17, 15) is 4.79 Å². The van der Waals surface area contributed by atoms with Crippen molar-refractivity contribution in [2.45, 2.75) is 45.2 Å². The van der Waals surface area contributed by atoms with E-state index < -0.39 is 5.54 Å². The van der Waals surface area contributed by atoms with Gasteiger partial charge in [0.05, 0.1) is 5.54 Å². The van der Waals surface area contributed by atoms with E-state index in [0.29, 0.717) is 6.04 Å². The number of carbonyl (C=O) groups excluding carboxylic acids is 1. The van der Waals surface area contributed by atoms with E-state index in [0.717, 1.165) is 19.6 Å². The van der Waals surface area contributed by atoms with Crippen LogP contribution in [0.4, 0.5) is 0 Å². The lowest BCUT2D eigenvalue weighted by Gasteiger charge is -2.31. The zero-order valence-corrected chi connectivity index (χ0v) is 11.0. The summed E-state index contributed by atoms with van der Waals surface area (Å²) in [6.45, 7) is 8.73. The predicted octanol–water partition coefficient (Wildman–Crippen LogP) is 0.666. The first-order chi connectivity index (χ1) is 7.36. The molecule has 0 aromatic heterocycles. The van der Waals surface area contributed by atoms with Gasteiger partial charge in [-0.05, 0) is 39.8 Å². The highest BCUT2D eigenvalue weighted by molar-refractivity contribution is 5.84. The summed E-state index contributed by atoms with van der Waals surface area (Å²) < 4.78 is 0. The Kier molecular flexibility index (Phi) is 4.33. The van der Waals surface area contributed by atoms with E-state index in [1.165, 1.54) is 12.8 Å². The smallest absolute Gasteiger partial charge is 0.241 e. The van der Waals surface area contributed by atoms with Crippen molar-refractivity contribution in [2.24, 2.45) is 5.73 Å². The first-order valence-corrected chi connectivity index (χ1v) is 6.14. The topological polar surface area (TPSA) is 49.6 Å². The Bertz CT molecular complexity index is 247. The molecule has 0 aromatic rings. The molecule has 2 N–H and O–H groups in total. The summed E-state index contributed by atoms with van der Waals surface area (Å²) in [7, 11) is 1.85. The van der Waals surface area contributed by atoms with Crippen LogP contribution in [0.3, 0.4) is 0 Å². The molecule has 0 radical (unpaired) electrons. The number of nitrogens with zero attached hydrogens (tertiary/aromatic N) is 2. The van der Waals surface area contributed by atoms with E-state index in [4.69, 9.17) is 5.73 Å². The Morgan fingerprint density at radius 1 is 1.56 bits per heavy atom. The van der Waals surface area contributed by atoms with Gasteiger partial charge in [-0.2, -0.15) is 0 Å². The molecule has 0 spiro atoms. The molecule has 1 saturated heterocycles. The van der Waals surface area contributed by atoms with Crippen LogP contribution in [0.25, 0.3) is 0 Å². The van der Waals surface area contributed by atoms with Crippen LogP contribution < -0.4 is 5.73 Å². The molecule has 0 saturated carbocycles. The molecule has 1 fully saturated rings. The van der Waals surface area contributed by atoms with Crippen LogP contribution in [0.5, 0.6) is 0 Å². The van der Waals surface area contributed by atoms with Crippen molar-refractivity contribution >= 4 is 5.91 Å². The van der Waals surface area contributed by atoms with Gasteiger partial charge in [0, 0.05) is 19.6 Å². The van der Waals surface area contributed by atoms with E-state index >= 15 is 0 Å². The number of hydrogen-bond donors (Lipinski definition) is 1. The predicted molar refractivity (Wildman–Crippen MR) is 66.2 cm³/mol. The van der Waals surface area contributed by atoms with Crippen molar-refractivity contribution in [2.75, 3.05) is 26.7 Å². The van der Waals surface area contributed by atoms with Crippen molar-refractivity contribution in [3.63, 3.8) is 0 Å². The third-order valence-corrected chi connectivity index (χ3v) is 3.29. The minimum atomic E-state index is -0.760. The van der Waals surface area contributed by atoms with Crippen molar-refractivity contribution in [3.05, 3.63) is 0 Å². The normalized spacial score (nSPS) is 22.4. The molecule has 1 amide bonds. The number of hydrogen-bond acceptors (Lipinski definition) is 3. The maximum absolute atomic E-state index is 11.9. The molecule has 1 heterocycles. The Morgan fingerprint density at radius 3 is 2.69 bits per heavy atom. The molecule has 1 aliphatic rings. The summed E-state index contributed by atoms with van der Waals surface area (Å²) in [6.07, 6.45) is 2.43. The molecule has 1 aliphatic heterocycles. The molecule has 4 heteroatoms. The highest BCUT2D eigenvalue weighted by atomic mass is 16.2. The Morgan fingerprint density at radius 2 is 2.19 bits per heavy atom. The second-order valence-electron chi connectivity index (χ2n) is 5.33. The fourth-order valence-corrected chi connectivity index (χ4v) is 2.41. The van der Waals surface area contributed by atoms with E-state index in [1.54, 1.807) is 18.7 Å². The van der Waals surface area contributed by atoms with Crippen LogP contribution in [0, 0.1) is 0 Å². The maximum Gasteiger partial charge on any atom is 0.241 e. The van der Waals surface area contributed by atoms with Gasteiger partial charge in [-0.25, -0.2) is 0 Å². The van der Waals surface area contributed by atoms with E-state index in [2.05, 4.69) is 11.8 Å². The Hall–Kier alpha value is -0.610. The van der Waals surface area contributed by atoms with Crippen LogP contribution in [0.2, 0.25) is 0 Å². The fourth-order valence-electron chi connectivity index (χ4n) is 2.41. The van der Waals surface area contributed by atoms with Crippen molar-refractivity contribution in [1.82, 2.24) is 9.80 Å². The molecule has 1 atom stereocenters. The van der Waals surface area contributed by atoms with Crippen molar-refractivity contribution < 1.29 is 4.79 Å². The minimum absolute atomic E-state index is 0.0236. The zero-order valence-electron chi connectivity index (χ0n) is 11.0. The first-order valence-electron chi connectivity index (χ1n) is 6.14. The lowest BCUT2D eigenvalue weighted by molar-refractivity contribution is -0.135. The largest absolute Gasteiger partial charge is 0.343 e. The number of nitrogens with two attached hydrogens (primary N) is 1. The van der Waals surface area contributed by atoms with E-state index in [-0.39, 0.29) is 5.91 Å². The molecule has 0 aliphatic carbocycles. The summed E-state index contributed by atoms with van der Waals surface area (Å²) in [5, 5.41) is 0. The molecule has 4 nitrogen and oxygen atoms in total. The SMILES string of the molecule is CCN1CCCC1CN(C)C(=O)C(C)(C)N. The van der Waals surface area contributed by atoms with Gasteiger partial charge >= 0.3 is 0 Å². The second-order valence-corrected chi connectivity index (χ2v) is 5.33. The van der Waals surface area contributed by atoms with Crippen LogP contribution in [-0.2, 0) is 4.79 Å². The standard InChI is InChI=1S/C12H25N3O/c1-5-15-8-6-7-10(15)9-14(4)11(16)12(2,3)13/h10H,5-9,13H2,1-4H3. The van der Waals surface area contributed by atoms with Gasteiger partial charge in [0.15, 0.2) is 0 Å². The molecule has 1 rings (SSSR count). The van der Waals surface area contributed by atoms with Gasteiger partial charge in [-0.1, -0.05) is 6.92 Å². The number of amides is 1. The van der Waals surface area contributed by atoms with Gasteiger partial charge in [0.25, 0.3) is 0 Å². The molecular weight excluding hydrogens is 202 g/mol. The zero-order chi connectivity index (χ0) is 12.3.